The van der Waals surface area contributed by atoms with Gasteiger partial charge in [-0.05, 0) is 103 Å². The molecule has 2 aliphatic rings. The smallest absolute Gasteiger partial charge is 0.195 e. The molecular formula is C37H35ClN6O3S. The van der Waals surface area contributed by atoms with E-state index in [-0.39, 0.29) is 0 Å². The minimum atomic E-state index is 0.712. The van der Waals surface area contributed by atoms with Gasteiger partial charge in [-0.2, -0.15) is 0 Å². The normalized spacial score (nSPS) is 13.1. The van der Waals surface area contributed by atoms with Crippen molar-refractivity contribution in [3.63, 3.8) is 0 Å². The molecule has 11 heteroatoms. The topological polar surface area (TPSA) is 101 Å². The van der Waals surface area contributed by atoms with Gasteiger partial charge in [0.25, 0.3) is 0 Å². The Labute approximate surface area is 289 Å². The van der Waals surface area contributed by atoms with E-state index in [0.29, 0.717) is 5.02 Å². The van der Waals surface area contributed by atoms with E-state index in [1.807, 2.05) is 121 Å². The fourth-order valence-corrected chi connectivity index (χ4v) is 5.73. The quantitative estimate of drug-likeness (QED) is 0.123. The van der Waals surface area contributed by atoms with Gasteiger partial charge in [0.2, 0.25) is 0 Å². The molecule has 0 saturated heterocycles. The number of benzene rings is 5. The maximum atomic E-state index is 6.38. The zero-order valence-electron chi connectivity index (χ0n) is 26.3. The number of methoxy groups -OCH3 is 1. The first-order valence-corrected chi connectivity index (χ1v) is 16.6. The van der Waals surface area contributed by atoms with Crippen LogP contribution < -0.4 is 35.5 Å². The number of anilines is 2. The molecule has 0 fully saturated rings. The average molecular weight is 679 g/mol. The van der Waals surface area contributed by atoms with Crippen LogP contribution in [0.4, 0.5) is 11.4 Å². The van der Waals surface area contributed by atoms with E-state index in [9.17, 15) is 0 Å². The van der Waals surface area contributed by atoms with Crippen LogP contribution in [0, 0.1) is 0 Å². The van der Waals surface area contributed by atoms with E-state index in [4.69, 9.17) is 25.8 Å². The van der Waals surface area contributed by atoms with Gasteiger partial charge < -0.3 is 35.5 Å². The Morgan fingerprint density at radius 3 is 1.62 bits per heavy atom. The molecule has 0 unspecified atom stereocenters. The van der Waals surface area contributed by atoms with Gasteiger partial charge in [0, 0.05) is 34.3 Å². The molecule has 2 heterocycles. The third kappa shape index (κ3) is 9.60. The number of rotatable bonds is 9. The molecule has 5 aromatic rings. The molecule has 0 radical (unpaired) electrons. The third-order valence-electron chi connectivity index (χ3n) is 6.99. The van der Waals surface area contributed by atoms with Crippen molar-refractivity contribution in [3.8, 4) is 28.7 Å². The minimum Gasteiger partial charge on any atom is -0.497 e. The lowest BCUT2D eigenvalue weighted by molar-refractivity contribution is 0.414. The van der Waals surface area contributed by atoms with Crippen LogP contribution in [0.15, 0.2) is 141 Å². The van der Waals surface area contributed by atoms with Crippen molar-refractivity contribution in [2.75, 3.05) is 43.9 Å². The van der Waals surface area contributed by atoms with Crippen LogP contribution in [-0.2, 0) is 0 Å². The van der Waals surface area contributed by atoms with Gasteiger partial charge in [0.05, 0.1) is 25.2 Å². The summed E-state index contributed by atoms with van der Waals surface area (Å²) in [6.07, 6.45) is 0. The Morgan fingerprint density at radius 1 is 0.604 bits per heavy atom. The molecule has 0 bridgehead atoms. The zero-order valence-corrected chi connectivity index (χ0v) is 27.9. The largest absolute Gasteiger partial charge is 0.497 e. The first-order chi connectivity index (χ1) is 23.6. The maximum Gasteiger partial charge on any atom is 0.195 e. The highest BCUT2D eigenvalue weighted by Crippen LogP contribution is 2.35. The number of nitrogens with zero attached hydrogens (tertiary/aromatic N) is 2. The Kier molecular flexibility index (Phi) is 11.2. The molecule has 0 aromatic heterocycles. The third-order valence-corrected chi connectivity index (χ3v) is 8.49. The van der Waals surface area contributed by atoms with Crippen molar-refractivity contribution in [2.24, 2.45) is 9.98 Å². The van der Waals surface area contributed by atoms with Crippen molar-refractivity contribution >= 4 is 46.7 Å². The summed E-state index contributed by atoms with van der Waals surface area (Å²) in [5.74, 6) is 5.57. The van der Waals surface area contributed by atoms with Crippen molar-refractivity contribution in [1.82, 2.24) is 10.6 Å². The lowest BCUT2D eigenvalue weighted by Crippen LogP contribution is -2.26. The molecule has 0 spiro atoms. The summed E-state index contributed by atoms with van der Waals surface area (Å²) < 4.78 is 16.8. The van der Waals surface area contributed by atoms with Gasteiger partial charge in [-0.25, -0.2) is 0 Å². The fourth-order valence-electron chi connectivity index (χ4n) is 4.61. The molecule has 0 atom stereocenters. The summed E-state index contributed by atoms with van der Waals surface area (Å²) >= 11 is 8.00. The van der Waals surface area contributed by atoms with E-state index in [1.165, 1.54) is 0 Å². The number of halogens is 1. The van der Waals surface area contributed by atoms with Gasteiger partial charge in [-0.1, -0.05) is 41.6 Å². The second-order valence-electron chi connectivity index (χ2n) is 10.5. The van der Waals surface area contributed by atoms with E-state index in [0.717, 1.165) is 88.0 Å². The fraction of sp³-hybridized carbons (Fsp3) is 0.135. The number of para-hydroxylation sites is 1. The molecule has 4 N–H and O–H groups in total. The minimum absolute atomic E-state index is 0.712. The van der Waals surface area contributed by atoms with E-state index < -0.39 is 0 Å². The predicted octanol–water partition coefficient (Wildman–Crippen LogP) is 8.51. The Bertz CT molecular complexity index is 1840. The zero-order chi connectivity index (χ0) is 33.0. The lowest BCUT2D eigenvalue weighted by atomic mass is 10.3. The average Bonchev–Trinajstić information content (AvgIpc) is 3.84. The van der Waals surface area contributed by atoms with Gasteiger partial charge in [-0.15, -0.1) is 0 Å². The van der Waals surface area contributed by atoms with Crippen molar-refractivity contribution < 1.29 is 14.2 Å². The monoisotopic (exact) mass is 678 g/mol. The molecule has 0 amide bonds. The molecular weight excluding hydrogens is 644 g/mol. The highest BCUT2D eigenvalue weighted by atomic mass is 35.5. The predicted molar refractivity (Wildman–Crippen MR) is 196 cm³/mol. The first kappa shape index (κ1) is 32.6. The maximum absolute atomic E-state index is 6.38. The second kappa shape index (κ2) is 16.5. The molecule has 2 aliphatic heterocycles. The van der Waals surface area contributed by atoms with E-state index >= 15 is 0 Å². The summed E-state index contributed by atoms with van der Waals surface area (Å²) in [5, 5.41) is 13.5. The molecule has 0 aliphatic carbocycles. The van der Waals surface area contributed by atoms with Crippen molar-refractivity contribution in [2.45, 2.75) is 9.79 Å². The van der Waals surface area contributed by atoms with Crippen molar-refractivity contribution in [3.05, 3.63) is 126 Å². The number of hydrogen-bond donors (Lipinski definition) is 4. The van der Waals surface area contributed by atoms with Crippen LogP contribution in [0.5, 0.6) is 28.7 Å². The van der Waals surface area contributed by atoms with Crippen molar-refractivity contribution in [1.29, 1.82) is 0 Å². The second-order valence-corrected chi connectivity index (χ2v) is 12.0. The molecule has 0 saturated carbocycles. The van der Waals surface area contributed by atoms with Crippen LogP contribution in [0.1, 0.15) is 0 Å². The van der Waals surface area contributed by atoms with Crippen LogP contribution in [0.25, 0.3) is 0 Å². The summed E-state index contributed by atoms with van der Waals surface area (Å²) in [6, 6.07) is 38.9. The first-order valence-electron chi connectivity index (χ1n) is 15.4. The van der Waals surface area contributed by atoms with E-state index in [2.05, 4.69) is 31.3 Å². The number of nitrogens with one attached hydrogen (secondary N) is 4. The van der Waals surface area contributed by atoms with Gasteiger partial charge in [0.1, 0.15) is 28.7 Å². The molecule has 48 heavy (non-hydrogen) atoms. The number of hydrogen-bond acceptors (Lipinski definition) is 10. The number of ether oxygens (including phenoxy) is 3. The summed E-state index contributed by atoms with van der Waals surface area (Å²) in [7, 11) is 1.66. The lowest BCUT2D eigenvalue weighted by Gasteiger charge is -2.10. The van der Waals surface area contributed by atoms with Crippen LogP contribution in [0.2, 0.25) is 5.02 Å². The SMILES string of the molecule is COc1ccc(Sc2ccc(NC3=NCCN3)cc2Cl)cc1.c1ccc(Oc2ccc(Oc3ccc(NC4=NCCN4)cc3)cc2)cc1. The summed E-state index contributed by atoms with van der Waals surface area (Å²) in [6.45, 7) is 3.38. The summed E-state index contributed by atoms with van der Waals surface area (Å²) in [5.41, 5.74) is 1.90. The molecule has 244 valence electrons. The Balaban J connectivity index is 0.000000170. The molecule has 5 aromatic carbocycles. The van der Waals surface area contributed by atoms with E-state index in [1.54, 1.807) is 18.9 Å². The van der Waals surface area contributed by atoms with Gasteiger partial charge in [-0.3, -0.25) is 9.98 Å². The Hall–Kier alpha value is -5.32. The highest BCUT2D eigenvalue weighted by molar-refractivity contribution is 7.99. The van der Waals surface area contributed by atoms with Crippen LogP contribution in [0.3, 0.4) is 0 Å². The molecule has 9 nitrogen and oxygen atoms in total. The van der Waals surface area contributed by atoms with Gasteiger partial charge in [0.15, 0.2) is 11.9 Å². The number of guanidine groups is 2. The summed E-state index contributed by atoms with van der Waals surface area (Å²) in [4.78, 5) is 10.7. The number of aliphatic imine (C=N–C) groups is 2. The van der Waals surface area contributed by atoms with Gasteiger partial charge >= 0.3 is 0 Å². The highest BCUT2D eigenvalue weighted by Gasteiger charge is 2.09. The molecule has 7 rings (SSSR count). The Morgan fingerprint density at radius 2 is 1.10 bits per heavy atom. The standard InChI is InChI=1S/C21H19N3O2.C16H16ClN3OS/c1-2-4-17(5-3-1)25-19-10-12-20(13-11-19)26-18-8-6-16(7-9-18)24-21-22-14-15-23-21;1-21-12-3-5-13(6-4-12)22-15-7-2-11(10-14(15)17)20-16-18-8-9-19-16/h1-13H,14-15H2,(H2,22,23,24);2-7,10H,8-9H2,1H3,(H2,18,19,20). The van der Waals surface area contributed by atoms with Crippen LogP contribution in [-0.4, -0.2) is 45.2 Å². The van der Waals surface area contributed by atoms with Crippen LogP contribution >= 0.6 is 23.4 Å².